The number of hydrogen-bond donors (Lipinski definition) is 1. The van der Waals surface area contributed by atoms with E-state index in [1.807, 2.05) is 19.1 Å². The van der Waals surface area contributed by atoms with Gasteiger partial charge in [0.1, 0.15) is 5.82 Å². The molecule has 0 amide bonds. The van der Waals surface area contributed by atoms with Crippen molar-refractivity contribution in [3.8, 4) is 0 Å². The highest BCUT2D eigenvalue weighted by molar-refractivity contribution is 7.89. The minimum Gasteiger partial charge on any atom is -0.207 e. The maximum absolute atomic E-state index is 13.0. The van der Waals surface area contributed by atoms with Gasteiger partial charge < -0.3 is 0 Å². The first-order valence-electron chi connectivity index (χ1n) is 7.06. The van der Waals surface area contributed by atoms with E-state index in [4.69, 9.17) is 0 Å². The Morgan fingerprint density at radius 1 is 1.00 bits per heavy atom. The van der Waals surface area contributed by atoms with E-state index < -0.39 is 16.1 Å². The number of hydrogen-bond acceptors (Lipinski definition) is 2. The third-order valence-corrected chi connectivity index (χ3v) is 5.42. The summed E-state index contributed by atoms with van der Waals surface area (Å²) in [7, 11) is -3.64. The van der Waals surface area contributed by atoms with Gasteiger partial charge in [0.25, 0.3) is 0 Å². The van der Waals surface area contributed by atoms with Crippen LogP contribution in [0.15, 0.2) is 41.3 Å². The van der Waals surface area contributed by atoms with Crippen LogP contribution in [0.25, 0.3) is 0 Å². The highest BCUT2D eigenvalue weighted by Crippen LogP contribution is 2.24. The summed E-state index contributed by atoms with van der Waals surface area (Å²) in [6, 6.07) is 9.07. The molecule has 2 rings (SSSR count). The Balaban J connectivity index is 2.34. The third-order valence-electron chi connectivity index (χ3n) is 3.58. The van der Waals surface area contributed by atoms with Crippen molar-refractivity contribution in [2.24, 2.45) is 0 Å². The fraction of sp³-hybridized carbons (Fsp3) is 0.294. The lowest BCUT2D eigenvalue weighted by Gasteiger charge is -2.18. The Morgan fingerprint density at radius 3 is 2.00 bits per heavy atom. The van der Waals surface area contributed by atoms with E-state index in [9.17, 15) is 12.8 Å². The van der Waals surface area contributed by atoms with Gasteiger partial charge in [0, 0.05) is 6.04 Å². The fourth-order valence-corrected chi connectivity index (χ4v) is 4.39. The molecule has 0 aliphatic heterocycles. The molecule has 0 aromatic heterocycles. The molecule has 3 nitrogen and oxygen atoms in total. The van der Waals surface area contributed by atoms with Crippen LogP contribution < -0.4 is 4.72 Å². The molecule has 118 valence electrons. The van der Waals surface area contributed by atoms with Crippen LogP contribution in [0.3, 0.4) is 0 Å². The molecule has 0 fully saturated rings. The summed E-state index contributed by atoms with van der Waals surface area (Å²) in [4.78, 5) is 0.312. The summed E-state index contributed by atoms with van der Waals surface area (Å²) >= 11 is 0. The van der Waals surface area contributed by atoms with Gasteiger partial charge >= 0.3 is 0 Å². The minimum absolute atomic E-state index is 0.312. The Kier molecular flexibility index (Phi) is 4.68. The van der Waals surface area contributed by atoms with Gasteiger partial charge in [0.05, 0.1) is 4.90 Å². The van der Waals surface area contributed by atoms with Crippen LogP contribution in [0.1, 0.15) is 35.2 Å². The van der Waals surface area contributed by atoms with E-state index in [1.54, 1.807) is 32.9 Å². The summed E-state index contributed by atoms with van der Waals surface area (Å²) in [6.07, 6.45) is 0. The molecule has 0 bridgehead atoms. The predicted octanol–water partition coefficient (Wildman–Crippen LogP) is 3.79. The SMILES string of the molecule is Cc1cc(C)c(S(=O)(=O)N[C@@H](C)c2ccc(F)cc2)c(C)c1. The molecule has 0 saturated heterocycles. The number of benzene rings is 2. The maximum atomic E-state index is 13.0. The molecule has 2 aromatic rings. The van der Waals surface area contributed by atoms with Gasteiger partial charge in [-0.3, -0.25) is 0 Å². The van der Waals surface area contributed by atoms with Gasteiger partial charge in [-0.15, -0.1) is 0 Å². The lowest BCUT2D eigenvalue weighted by molar-refractivity contribution is 0.565. The molecule has 1 atom stereocenters. The standard InChI is InChI=1S/C17H20FNO2S/c1-11-9-12(2)17(13(3)10-11)22(20,21)19-14(4)15-5-7-16(18)8-6-15/h5-10,14,19H,1-4H3/t14-/m0/s1. The smallest absolute Gasteiger partial charge is 0.207 e. The second kappa shape index (κ2) is 6.18. The van der Waals surface area contributed by atoms with E-state index in [0.29, 0.717) is 10.5 Å². The van der Waals surface area contributed by atoms with Crippen LogP contribution in [0.4, 0.5) is 4.39 Å². The molecule has 0 spiro atoms. The summed E-state index contributed by atoms with van der Waals surface area (Å²) in [6.45, 7) is 7.25. The zero-order chi connectivity index (χ0) is 16.5. The van der Waals surface area contributed by atoms with Gasteiger partial charge in [-0.2, -0.15) is 0 Å². The van der Waals surface area contributed by atoms with Crippen molar-refractivity contribution in [3.05, 3.63) is 64.5 Å². The van der Waals surface area contributed by atoms with Crippen LogP contribution in [-0.2, 0) is 10.0 Å². The summed E-state index contributed by atoms with van der Waals surface area (Å²) in [5, 5.41) is 0. The number of halogens is 1. The molecule has 0 saturated carbocycles. The van der Waals surface area contributed by atoms with E-state index in [1.165, 1.54) is 12.1 Å². The Bertz CT molecular complexity index is 760. The average Bonchev–Trinajstić information content (AvgIpc) is 2.36. The fourth-order valence-electron chi connectivity index (χ4n) is 2.70. The quantitative estimate of drug-likeness (QED) is 0.931. The summed E-state index contributed by atoms with van der Waals surface area (Å²) in [5.41, 5.74) is 3.18. The molecular weight excluding hydrogens is 301 g/mol. The second-order valence-electron chi connectivity index (χ2n) is 5.62. The first kappa shape index (κ1) is 16.6. The Labute approximate surface area is 131 Å². The predicted molar refractivity (Wildman–Crippen MR) is 85.8 cm³/mol. The van der Waals surface area contributed by atoms with Crippen LogP contribution in [0.2, 0.25) is 0 Å². The van der Waals surface area contributed by atoms with Crippen molar-refractivity contribution in [3.63, 3.8) is 0 Å². The van der Waals surface area contributed by atoms with Gasteiger partial charge in [-0.05, 0) is 56.5 Å². The Morgan fingerprint density at radius 2 is 1.50 bits per heavy atom. The van der Waals surface area contributed by atoms with Gasteiger partial charge in [0.15, 0.2) is 0 Å². The van der Waals surface area contributed by atoms with E-state index in [-0.39, 0.29) is 5.82 Å². The van der Waals surface area contributed by atoms with Crippen molar-refractivity contribution in [1.82, 2.24) is 4.72 Å². The van der Waals surface area contributed by atoms with Gasteiger partial charge in [-0.1, -0.05) is 29.8 Å². The zero-order valence-electron chi connectivity index (χ0n) is 13.1. The molecule has 0 aliphatic rings. The van der Waals surface area contributed by atoms with Crippen molar-refractivity contribution in [2.45, 2.75) is 38.6 Å². The van der Waals surface area contributed by atoms with Gasteiger partial charge in [-0.25, -0.2) is 17.5 Å². The monoisotopic (exact) mass is 321 g/mol. The van der Waals surface area contributed by atoms with Crippen LogP contribution >= 0.6 is 0 Å². The minimum atomic E-state index is -3.64. The van der Waals surface area contributed by atoms with Crippen molar-refractivity contribution < 1.29 is 12.8 Å². The summed E-state index contributed by atoms with van der Waals surface area (Å²) < 4.78 is 40.9. The lowest BCUT2D eigenvalue weighted by atomic mass is 10.1. The normalized spacial score (nSPS) is 13.1. The van der Waals surface area contributed by atoms with Crippen molar-refractivity contribution in [1.29, 1.82) is 0 Å². The lowest BCUT2D eigenvalue weighted by Crippen LogP contribution is -2.28. The van der Waals surface area contributed by atoms with Crippen LogP contribution in [0.5, 0.6) is 0 Å². The van der Waals surface area contributed by atoms with Gasteiger partial charge in [0.2, 0.25) is 10.0 Å². The average molecular weight is 321 g/mol. The van der Waals surface area contributed by atoms with E-state index in [2.05, 4.69) is 4.72 Å². The number of aryl methyl sites for hydroxylation is 3. The van der Waals surface area contributed by atoms with Crippen molar-refractivity contribution in [2.75, 3.05) is 0 Å². The van der Waals surface area contributed by atoms with Crippen LogP contribution in [-0.4, -0.2) is 8.42 Å². The number of sulfonamides is 1. The molecule has 0 heterocycles. The zero-order valence-corrected chi connectivity index (χ0v) is 14.0. The third kappa shape index (κ3) is 3.54. The molecule has 0 aliphatic carbocycles. The molecular formula is C17H20FNO2S. The molecule has 0 unspecified atom stereocenters. The van der Waals surface area contributed by atoms with E-state index >= 15 is 0 Å². The number of rotatable bonds is 4. The van der Waals surface area contributed by atoms with E-state index in [0.717, 1.165) is 16.7 Å². The first-order chi connectivity index (χ1) is 10.2. The topological polar surface area (TPSA) is 46.2 Å². The summed E-state index contributed by atoms with van der Waals surface area (Å²) in [5.74, 6) is -0.343. The molecule has 1 N–H and O–H groups in total. The highest BCUT2D eigenvalue weighted by Gasteiger charge is 2.22. The molecule has 2 aromatic carbocycles. The maximum Gasteiger partial charge on any atom is 0.241 e. The first-order valence-corrected chi connectivity index (χ1v) is 8.54. The number of nitrogens with one attached hydrogen (secondary N) is 1. The molecule has 22 heavy (non-hydrogen) atoms. The Hall–Kier alpha value is -1.72. The largest absolute Gasteiger partial charge is 0.241 e. The second-order valence-corrected chi connectivity index (χ2v) is 7.27. The molecule has 0 radical (unpaired) electrons. The highest BCUT2D eigenvalue weighted by atomic mass is 32.2. The molecule has 5 heteroatoms. The van der Waals surface area contributed by atoms with Crippen LogP contribution in [0, 0.1) is 26.6 Å². The van der Waals surface area contributed by atoms with Crippen molar-refractivity contribution >= 4 is 10.0 Å².